The Morgan fingerprint density at radius 2 is 1.65 bits per heavy atom. The van der Waals surface area contributed by atoms with Gasteiger partial charge in [-0.1, -0.05) is 29.3 Å². The van der Waals surface area contributed by atoms with E-state index in [2.05, 4.69) is 4.90 Å². The normalized spacial score (nSPS) is 16.6. The van der Waals surface area contributed by atoms with Gasteiger partial charge in [-0.15, -0.1) is 0 Å². The molecular weight excluding hydrogens is 395 g/mol. The van der Waals surface area contributed by atoms with Crippen LogP contribution >= 0.6 is 23.2 Å². The molecule has 8 heteroatoms. The molecule has 0 N–H and O–H groups in total. The zero-order chi connectivity index (χ0) is 18.7. The van der Waals surface area contributed by atoms with E-state index in [9.17, 15) is 8.42 Å². The van der Waals surface area contributed by atoms with Crippen molar-refractivity contribution >= 4 is 33.2 Å². The summed E-state index contributed by atoms with van der Waals surface area (Å²) in [4.78, 5) is 2.47. The van der Waals surface area contributed by atoms with Crippen molar-refractivity contribution in [2.75, 3.05) is 33.3 Å². The summed E-state index contributed by atoms with van der Waals surface area (Å²) in [5.74, 6) is 0.633. The van der Waals surface area contributed by atoms with Crippen LogP contribution in [0.3, 0.4) is 0 Å². The van der Waals surface area contributed by atoms with E-state index in [4.69, 9.17) is 27.9 Å². The predicted octanol–water partition coefficient (Wildman–Crippen LogP) is 3.51. The fourth-order valence-corrected chi connectivity index (χ4v) is 4.81. The largest absolute Gasteiger partial charge is 0.497 e. The highest BCUT2D eigenvalue weighted by molar-refractivity contribution is 7.89. The molecule has 3 rings (SSSR count). The standard InChI is InChI=1S/C18H20Cl2N2O3S/c1-25-16-4-6-17(7-5-16)26(23,24)22-10-8-21(9-11-22)13-14-2-3-15(19)12-18(14)20/h2-7,12H,8-11,13H2,1H3. The zero-order valence-electron chi connectivity index (χ0n) is 14.4. The number of nitrogens with zero attached hydrogens (tertiary/aromatic N) is 2. The van der Waals surface area contributed by atoms with Gasteiger partial charge in [0.2, 0.25) is 10.0 Å². The average Bonchev–Trinajstić information content (AvgIpc) is 2.64. The van der Waals surface area contributed by atoms with Crippen LogP contribution in [0.5, 0.6) is 5.75 Å². The van der Waals surface area contributed by atoms with E-state index in [0.29, 0.717) is 48.5 Å². The average molecular weight is 415 g/mol. The zero-order valence-corrected chi connectivity index (χ0v) is 16.7. The molecule has 0 aromatic heterocycles. The minimum Gasteiger partial charge on any atom is -0.497 e. The van der Waals surface area contributed by atoms with Gasteiger partial charge in [0.1, 0.15) is 5.75 Å². The van der Waals surface area contributed by atoms with E-state index in [1.807, 2.05) is 12.1 Å². The molecule has 140 valence electrons. The van der Waals surface area contributed by atoms with Crippen LogP contribution in [-0.2, 0) is 16.6 Å². The molecule has 2 aromatic carbocycles. The van der Waals surface area contributed by atoms with E-state index in [-0.39, 0.29) is 4.90 Å². The lowest BCUT2D eigenvalue weighted by Crippen LogP contribution is -2.48. The Kier molecular flexibility index (Phi) is 6.10. The Bertz CT molecular complexity index is 865. The molecule has 1 saturated heterocycles. The molecule has 0 aliphatic carbocycles. The summed E-state index contributed by atoms with van der Waals surface area (Å²) in [6, 6.07) is 11.9. The van der Waals surface area contributed by atoms with E-state index in [0.717, 1.165) is 5.56 Å². The number of sulfonamides is 1. The third-order valence-corrected chi connectivity index (χ3v) is 6.94. The fraction of sp³-hybridized carbons (Fsp3) is 0.333. The van der Waals surface area contributed by atoms with Gasteiger partial charge in [-0.25, -0.2) is 8.42 Å². The highest BCUT2D eigenvalue weighted by Gasteiger charge is 2.28. The maximum absolute atomic E-state index is 12.8. The third-order valence-electron chi connectivity index (χ3n) is 4.44. The number of hydrogen-bond donors (Lipinski definition) is 0. The maximum Gasteiger partial charge on any atom is 0.243 e. The quantitative estimate of drug-likeness (QED) is 0.750. The summed E-state index contributed by atoms with van der Waals surface area (Å²) in [6.07, 6.45) is 0. The number of piperazine rings is 1. The second-order valence-corrected chi connectivity index (χ2v) is 8.87. The van der Waals surface area contributed by atoms with Gasteiger partial charge in [-0.05, 0) is 42.0 Å². The second-order valence-electron chi connectivity index (χ2n) is 6.09. The number of rotatable bonds is 5. The highest BCUT2D eigenvalue weighted by Crippen LogP contribution is 2.24. The summed E-state index contributed by atoms with van der Waals surface area (Å²) in [7, 11) is -1.94. The topological polar surface area (TPSA) is 49.9 Å². The molecule has 0 atom stereocenters. The first kappa shape index (κ1) is 19.5. The molecule has 0 unspecified atom stereocenters. The summed E-state index contributed by atoms with van der Waals surface area (Å²) in [5, 5.41) is 1.24. The van der Waals surface area contributed by atoms with Gasteiger partial charge in [0.25, 0.3) is 0 Å². The van der Waals surface area contributed by atoms with Gasteiger partial charge in [-0.3, -0.25) is 4.90 Å². The molecule has 5 nitrogen and oxygen atoms in total. The van der Waals surface area contributed by atoms with Crippen molar-refractivity contribution in [3.8, 4) is 5.75 Å². The van der Waals surface area contributed by atoms with Crippen molar-refractivity contribution < 1.29 is 13.2 Å². The van der Waals surface area contributed by atoms with Crippen LogP contribution in [0.25, 0.3) is 0 Å². The lowest BCUT2D eigenvalue weighted by atomic mass is 10.2. The fourth-order valence-electron chi connectivity index (χ4n) is 2.92. The van der Waals surface area contributed by atoms with Gasteiger partial charge in [0.15, 0.2) is 0 Å². The number of methoxy groups -OCH3 is 1. The molecule has 1 aliphatic heterocycles. The van der Waals surface area contributed by atoms with Crippen molar-refractivity contribution in [3.63, 3.8) is 0 Å². The Morgan fingerprint density at radius 1 is 1.00 bits per heavy atom. The Hall–Kier alpha value is -1.31. The molecule has 1 heterocycles. The van der Waals surface area contributed by atoms with Crippen molar-refractivity contribution in [3.05, 3.63) is 58.1 Å². The van der Waals surface area contributed by atoms with Crippen molar-refractivity contribution in [2.24, 2.45) is 0 Å². The van der Waals surface area contributed by atoms with Crippen LogP contribution in [-0.4, -0.2) is 50.9 Å². The molecule has 0 amide bonds. The number of benzene rings is 2. The maximum atomic E-state index is 12.8. The molecule has 1 fully saturated rings. The molecular formula is C18H20Cl2N2O3S. The molecule has 0 spiro atoms. The molecule has 0 bridgehead atoms. The lowest BCUT2D eigenvalue weighted by Gasteiger charge is -2.34. The second kappa shape index (κ2) is 8.15. The Morgan fingerprint density at radius 3 is 2.23 bits per heavy atom. The first-order chi connectivity index (χ1) is 12.4. The van der Waals surface area contributed by atoms with E-state index in [1.165, 1.54) is 4.31 Å². The summed E-state index contributed by atoms with van der Waals surface area (Å²) >= 11 is 12.2. The van der Waals surface area contributed by atoms with Crippen LogP contribution in [0.4, 0.5) is 0 Å². The van der Waals surface area contributed by atoms with Crippen LogP contribution in [0.1, 0.15) is 5.56 Å². The molecule has 2 aromatic rings. The molecule has 0 radical (unpaired) electrons. The van der Waals surface area contributed by atoms with Gasteiger partial charge in [-0.2, -0.15) is 4.31 Å². The molecule has 0 saturated carbocycles. The smallest absolute Gasteiger partial charge is 0.243 e. The predicted molar refractivity (Wildman–Crippen MR) is 103 cm³/mol. The van der Waals surface area contributed by atoms with E-state index >= 15 is 0 Å². The van der Waals surface area contributed by atoms with Crippen LogP contribution in [0, 0.1) is 0 Å². The van der Waals surface area contributed by atoms with Crippen LogP contribution in [0.15, 0.2) is 47.4 Å². The summed E-state index contributed by atoms with van der Waals surface area (Å²) in [6.45, 7) is 2.86. The Labute approximate surface area is 164 Å². The van der Waals surface area contributed by atoms with Gasteiger partial charge < -0.3 is 4.74 Å². The lowest BCUT2D eigenvalue weighted by molar-refractivity contribution is 0.181. The third kappa shape index (κ3) is 4.32. The van der Waals surface area contributed by atoms with Gasteiger partial charge in [0.05, 0.1) is 12.0 Å². The van der Waals surface area contributed by atoms with Crippen LogP contribution < -0.4 is 4.74 Å². The first-order valence-corrected chi connectivity index (χ1v) is 10.4. The van der Waals surface area contributed by atoms with Crippen molar-refractivity contribution in [1.82, 2.24) is 9.21 Å². The SMILES string of the molecule is COc1ccc(S(=O)(=O)N2CCN(Cc3ccc(Cl)cc3Cl)CC2)cc1. The molecule has 26 heavy (non-hydrogen) atoms. The van der Waals surface area contributed by atoms with E-state index in [1.54, 1.807) is 37.4 Å². The number of halogens is 2. The Balaban J connectivity index is 1.63. The summed E-state index contributed by atoms with van der Waals surface area (Å²) in [5.41, 5.74) is 0.988. The van der Waals surface area contributed by atoms with Gasteiger partial charge in [0, 0.05) is 42.8 Å². The minimum absolute atomic E-state index is 0.285. The van der Waals surface area contributed by atoms with Crippen molar-refractivity contribution in [1.29, 1.82) is 0 Å². The summed E-state index contributed by atoms with van der Waals surface area (Å²) < 4.78 is 32.2. The number of hydrogen-bond acceptors (Lipinski definition) is 4. The first-order valence-electron chi connectivity index (χ1n) is 8.20. The molecule has 1 aliphatic rings. The monoisotopic (exact) mass is 414 g/mol. The van der Waals surface area contributed by atoms with E-state index < -0.39 is 10.0 Å². The van der Waals surface area contributed by atoms with Gasteiger partial charge >= 0.3 is 0 Å². The van der Waals surface area contributed by atoms with Crippen LogP contribution in [0.2, 0.25) is 10.0 Å². The highest BCUT2D eigenvalue weighted by atomic mass is 35.5. The number of ether oxygens (including phenoxy) is 1. The minimum atomic E-state index is -3.49. The van der Waals surface area contributed by atoms with Crippen molar-refractivity contribution in [2.45, 2.75) is 11.4 Å².